The summed E-state index contributed by atoms with van der Waals surface area (Å²) in [5.74, 6) is 0.208. The SMILES string of the molecule is COC(=O)[C@@H]1[C@H]2CCC[C@H]2CN1C(=O)c1ccn[nH]1. The molecule has 1 aliphatic heterocycles. The molecule has 0 radical (unpaired) electrons. The number of carbonyl (C=O) groups is 2. The number of hydrogen-bond acceptors (Lipinski definition) is 4. The molecule has 6 nitrogen and oxygen atoms in total. The summed E-state index contributed by atoms with van der Waals surface area (Å²) in [6, 6.07) is 1.19. The third kappa shape index (κ3) is 1.91. The van der Waals surface area contributed by atoms with Gasteiger partial charge in [-0.25, -0.2) is 4.79 Å². The van der Waals surface area contributed by atoms with E-state index in [2.05, 4.69) is 10.2 Å². The molecule has 2 heterocycles. The lowest BCUT2D eigenvalue weighted by Crippen LogP contribution is -2.44. The highest BCUT2D eigenvalue weighted by molar-refractivity contribution is 5.95. The number of likely N-dealkylation sites (tertiary alicyclic amines) is 1. The van der Waals surface area contributed by atoms with Gasteiger partial charge < -0.3 is 9.64 Å². The highest BCUT2D eigenvalue weighted by atomic mass is 16.5. The van der Waals surface area contributed by atoms with E-state index in [-0.39, 0.29) is 17.8 Å². The van der Waals surface area contributed by atoms with Crippen molar-refractivity contribution in [3.63, 3.8) is 0 Å². The van der Waals surface area contributed by atoms with Crippen molar-refractivity contribution >= 4 is 11.9 Å². The van der Waals surface area contributed by atoms with Gasteiger partial charge in [0.1, 0.15) is 11.7 Å². The summed E-state index contributed by atoms with van der Waals surface area (Å²) in [7, 11) is 1.38. The number of amides is 1. The normalized spacial score (nSPS) is 29.3. The van der Waals surface area contributed by atoms with Crippen molar-refractivity contribution in [1.82, 2.24) is 15.1 Å². The largest absolute Gasteiger partial charge is 0.467 e. The first-order valence-electron chi connectivity index (χ1n) is 6.60. The fourth-order valence-corrected chi connectivity index (χ4v) is 3.47. The maximum absolute atomic E-state index is 12.4. The molecule has 2 fully saturated rings. The summed E-state index contributed by atoms with van der Waals surface area (Å²) in [4.78, 5) is 26.1. The Labute approximate surface area is 111 Å². The molecule has 1 aliphatic carbocycles. The maximum Gasteiger partial charge on any atom is 0.328 e. The second-order valence-corrected chi connectivity index (χ2v) is 5.25. The molecular weight excluding hydrogens is 246 g/mol. The Morgan fingerprint density at radius 3 is 3.00 bits per heavy atom. The van der Waals surface area contributed by atoms with E-state index in [9.17, 15) is 9.59 Å². The highest BCUT2D eigenvalue weighted by Crippen LogP contribution is 2.42. The zero-order valence-corrected chi connectivity index (χ0v) is 10.8. The van der Waals surface area contributed by atoms with E-state index in [4.69, 9.17) is 4.74 Å². The molecule has 6 heteroatoms. The van der Waals surface area contributed by atoms with Crippen LogP contribution in [0.1, 0.15) is 29.8 Å². The number of H-pyrrole nitrogens is 1. The molecule has 0 unspecified atom stereocenters. The molecular formula is C13H17N3O3. The number of carbonyl (C=O) groups excluding carboxylic acids is 2. The predicted molar refractivity (Wildman–Crippen MR) is 66.3 cm³/mol. The lowest BCUT2D eigenvalue weighted by molar-refractivity contribution is -0.146. The third-order valence-corrected chi connectivity index (χ3v) is 4.33. The summed E-state index contributed by atoms with van der Waals surface area (Å²) in [6.07, 6.45) is 4.76. The molecule has 2 aliphatic rings. The molecule has 3 rings (SSSR count). The molecule has 0 spiro atoms. The number of ether oxygens (including phenoxy) is 1. The van der Waals surface area contributed by atoms with Crippen molar-refractivity contribution < 1.29 is 14.3 Å². The van der Waals surface area contributed by atoms with E-state index in [0.717, 1.165) is 19.3 Å². The molecule has 1 saturated carbocycles. The fraction of sp³-hybridized carbons (Fsp3) is 0.615. The summed E-state index contributed by atoms with van der Waals surface area (Å²) in [6.45, 7) is 0.641. The van der Waals surface area contributed by atoms with Gasteiger partial charge in [-0.1, -0.05) is 6.42 Å². The van der Waals surface area contributed by atoms with Crippen LogP contribution in [-0.4, -0.2) is 46.7 Å². The standard InChI is InChI=1S/C13H17N3O3/c1-19-13(18)11-9-4-2-3-8(9)7-16(11)12(17)10-5-6-14-15-10/h5-6,8-9,11H,2-4,7H2,1H3,(H,14,15)/t8-,9-,11-/m0/s1. The van der Waals surface area contributed by atoms with Gasteiger partial charge in [-0.05, 0) is 30.7 Å². The minimum atomic E-state index is -0.437. The molecule has 1 saturated heterocycles. The molecule has 19 heavy (non-hydrogen) atoms. The second kappa shape index (κ2) is 4.68. The Morgan fingerprint density at radius 2 is 2.32 bits per heavy atom. The van der Waals surface area contributed by atoms with Gasteiger partial charge in [0.2, 0.25) is 0 Å². The molecule has 1 aromatic heterocycles. The van der Waals surface area contributed by atoms with Crippen molar-refractivity contribution in [2.24, 2.45) is 11.8 Å². The maximum atomic E-state index is 12.4. The van der Waals surface area contributed by atoms with Gasteiger partial charge in [0.25, 0.3) is 5.91 Å². The number of nitrogens with zero attached hydrogens (tertiary/aromatic N) is 2. The van der Waals surface area contributed by atoms with E-state index >= 15 is 0 Å². The number of aromatic nitrogens is 2. The van der Waals surface area contributed by atoms with Crippen LogP contribution in [0.15, 0.2) is 12.3 Å². The van der Waals surface area contributed by atoms with Crippen LogP contribution in [0.5, 0.6) is 0 Å². The molecule has 102 valence electrons. The number of aromatic amines is 1. The second-order valence-electron chi connectivity index (χ2n) is 5.25. The van der Waals surface area contributed by atoms with E-state index < -0.39 is 6.04 Å². The Morgan fingerprint density at radius 1 is 1.47 bits per heavy atom. The quantitative estimate of drug-likeness (QED) is 0.802. The lowest BCUT2D eigenvalue weighted by atomic mass is 9.94. The van der Waals surface area contributed by atoms with Crippen LogP contribution in [0, 0.1) is 11.8 Å². The molecule has 0 aromatic carbocycles. The first-order valence-corrected chi connectivity index (χ1v) is 6.60. The van der Waals surface area contributed by atoms with Gasteiger partial charge in [0.15, 0.2) is 0 Å². The summed E-state index contributed by atoms with van der Waals surface area (Å²) < 4.78 is 4.88. The number of methoxy groups -OCH3 is 1. The van der Waals surface area contributed by atoms with Gasteiger partial charge in [-0.2, -0.15) is 5.10 Å². The number of fused-ring (bicyclic) bond motifs is 1. The van der Waals surface area contributed by atoms with Crippen molar-refractivity contribution in [2.45, 2.75) is 25.3 Å². The number of esters is 1. The minimum Gasteiger partial charge on any atom is -0.467 e. The predicted octanol–water partition coefficient (Wildman–Crippen LogP) is 0.823. The van der Waals surface area contributed by atoms with Crippen molar-refractivity contribution in [3.05, 3.63) is 18.0 Å². The summed E-state index contributed by atoms with van der Waals surface area (Å²) >= 11 is 0. The average Bonchev–Trinajstić information content (AvgIpc) is 3.12. The van der Waals surface area contributed by atoms with Crippen LogP contribution >= 0.6 is 0 Å². The topological polar surface area (TPSA) is 75.3 Å². The van der Waals surface area contributed by atoms with E-state index in [1.54, 1.807) is 11.0 Å². The number of rotatable bonds is 2. The van der Waals surface area contributed by atoms with Crippen LogP contribution in [0.4, 0.5) is 0 Å². The summed E-state index contributed by atoms with van der Waals surface area (Å²) in [5.41, 5.74) is 0.425. The molecule has 3 atom stereocenters. The smallest absolute Gasteiger partial charge is 0.328 e. The van der Waals surface area contributed by atoms with Crippen molar-refractivity contribution in [1.29, 1.82) is 0 Å². The Kier molecular flexibility index (Phi) is 3.00. The first-order chi connectivity index (χ1) is 9.22. The van der Waals surface area contributed by atoms with E-state index in [1.807, 2.05) is 0 Å². The third-order valence-electron chi connectivity index (χ3n) is 4.33. The first kappa shape index (κ1) is 12.2. The zero-order chi connectivity index (χ0) is 13.4. The van der Waals surface area contributed by atoms with E-state index in [1.165, 1.54) is 13.3 Å². The lowest BCUT2D eigenvalue weighted by Gasteiger charge is -2.25. The zero-order valence-electron chi connectivity index (χ0n) is 10.8. The molecule has 1 N–H and O–H groups in total. The average molecular weight is 263 g/mol. The minimum absolute atomic E-state index is 0.165. The van der Waals surface area contributed by atoms with Crippen molar-refractivity contribution in [2.75, 3.05) is 13.7 Å². The number of hydrogen-bond donors (Lipinski definition) is 1. The molecule has 1 amide bonds. The molecule has 0 bridgehead atoms. The van der Waals surface area contributed by atoms with Crippen LogP contribution in [0.3, 0.4) is 0 Å². The van der Waals surface area contributed by atoms with Gasteiger partial charge in [0.05, 0.1) is 7.11 Å². The van der Waals surface area contributed by atoms with Crippen molar-refractivity contribution in [3.8, 4) is 0 Å². The van der Waals surface area contributed by atoms with E-state index in [0.29, 0.717) is 18.2 Å². The van der Waals surface area contributed by atoms with Crippen LogP contribution in [0.25, 0.3) is 0 Å². The fourth-order valence-electron chi connectivity index (χ4n) is 3.47. The Bertz CT molecular complexity index is 485. The van der Waals surface area contributed by atoms with Crippen LogP contribution in [-0.2, 0) is 9.53 Å². The monoisotopic (exact) mass is 263 g/mol. The van der Waals surface area contributed by atoms with Gasteiger partial charge in [-0.3, -0.25) is 9.89 Å². The van der Waals surface area contributed by atoms with Gasteiger partial charge >= 0.3 is 5.97 Å². The Hall–Kier alpha value is -1.85. The highest BCUT2D eigenvalue weighted by Gasteiger charge is 2.50. The number of nitrogens with one attached hydrogen (secondary N) is 1. The Balaban J connectivity index is 1.87. The van der Waals surface area contributed by atoms with Crippen LogP contribution < -0.4 is 0 Å². The van der Waals surface area contributed by atoms with Gasteiger partial charge in [-0.15, -0.1) is 0 Å². The van der Waals surface area contributed by atoms with Crippen LogP contribution in [0.2, 0.25) is 0 Å². The molecule has 1 aromatic rings. The van der Waals surface area contributed by atoms with Gasteiger partial charge in [0, 0.05) is 12.7 Å². The summed E-state index contributed by atoms with van der Waals surface area (Å²) in [5, 5.41) is 6.45.